The van der Waals surface area contributed by atoms with E-state index in [0.717, 1.165) is 58.3 Å². The van der Waals surface area contributed by atoms with E-state index < -0.39 is 0 Å². The van der Waals surface area contributed by atoms with Gasteiger partial charge in [-0.2, -0.15) is 0 Å². The summed E-state index contributed by atoms with van der Waals surface area (Å²) in [6.07, 6.45) is 0.923. The van der Waals surface area contributed by atoms with Crippen LogP contribution < -0.4 is 10.6 Å². The van der Waals surface area contributed by atoms with Crippen molar-refractivity contribution in [2.24, 2.45) is 4.99 Å². The lowest BCUT2D eigenvalue weighted by Gasteiger charge is -2.31. The van der Waals surface area contributed by atoms with E-state index in [4.69, 9.17) is 9.73 Å². The third kappa shape index (κ3) is 6.92. The summed E-state index contributed by atoms with van der Waals surface area (Å²) in [5.41, 5.74) is 1.17. The van der Waals surface area contributed by atoms with E-state index in [9.17, 15) is 0 Å². The van der Waals surface area contributed by atoms with Gasteiger partial charge in [-0.15, -0.1) is 11.3 Å². The van der Waals surface area contributed by atoms with Gasteiger partial charge in [-0.25, -0.2) is 4.98 Å². The first-order valence-electron chi connectivity index (χ1n) is 9.38. The molecule has 1 atom stereocenters. The van der Waals surface area contributed by atoms with Gasteiger partial charge >= 0.3 is 0 Å². The van der Waals surface area contributed by atoms with Crippen molar-refractivity contribution >= 4 is 17.3 Å². The number of hydrogen-bond acceptors (Lipinski definition) is 5. The monoisotopic (exact) mass is 367 g/mol. The summed E-state index contributed by atoms with van der Waals surface area (Å²) >= 11 is 1.76. The predicted molar refractivity (Wildman–Crippen MR) is 106 cm³/mol. The van der Waals surface area contributed by atoms with Crippen LogP contribution in [0.15, 0.2) is 10.4 Å². The van der Waals surface area contributed by atoms with Gasteiger partial charge in [0.1, 0.15) is 0 Å². The predicted octanol–water partition coefficient (Wildman–Crippen LogP) is 2.08. The van der Waals surface area contributed by atoms with Crippen LogP contribution in [0.25, 0.3) is 0 Å². The Labute approximate surface area is 156 Å². The van der Waals surface area contributed by atoms with Crippen LogP contribution in [0.1, 0.15) is 44.3 Å². The highest BCUT2D eigenvalue weighted by Gasteiger charge is 2.16. The first kappa shape index (κ1) is 20.1. The van der Waals surface area contributed by atoms with Crippen molar-refractivity contribution < 1.29 is 4.74 Å². The number of morpholine rings is 1. The van der Waals surface area contributed by atoms with Crippen molar-refractivity contribution in [3.8, 4) is 0 Å². The van der Waals surface area contributed by atoms with Gasteiger partial charge in [-0.3, -0.25) is 9.89 Å². The average molecular weight is 368 g/mol. The fourth-order valence-corrected chi connectivity index (χ4v) is 3.58. The second-order valence-electron chi connectivity index (χ2n) is 6.73. The summed E-state index contributed by atoms with van der Waals surface area (Å²) in [5, 5.41) is 10.1. The van der Waals surface area contributed by atoms with E-state index in [1.165, 1.54) is 10.7 Å². The average Bonchev–Trinajstić information content (AvgIpc) is 3.09. The SMILES string of the molecule is CCNC(=NCC(C)N1CCOCC1)NCCc1csc(C(C)C)n1. The molecule has 1 saturated heterocycles. The summed E-state index contributed by atoms with van der Waals surface area (Å²) in [6.45, 7) is 14.9. The fraction of sp³-hybridized carbons (Fsp3) is 0.778. The molecular formula is C18H33N5OS. The van der Waals surface area contributed by atoms with Crippen LogP contribution in [-0.2, 0) is 11.2 Å². The molecule has 1 aliphatic rings. The van der Waals surface area contributed by atoms with Gasteiger partial charge in [0, 0.05) is 49.9 Å². The van der Waals surface area contributed by atoms with E-state index in [-0.39, 0.29) is 0 Å². The Balaban J connectivity index is 1.78. The summed E-state index contributed by atoms with van der Waals surface area (Å²) < 4.78 is 5.42. The van der Waals surface area contributed by atoms with Crippen molar-refractivity contribution in [1.29, 1.82) is 0 Å². The highest BCUT2D eigenvalue weighted by molar-refractivity contribution is 7.09. The van der Waals surface area contributed by atoms with Crippen LogP contribution in [0.2, 0.25) is 0 Å². The van der Waals surface area contributed by atoms with Gasteiger partial charge in [-0.1, -0.05) is 13.8 Å². The minimum atomic E-state index is 0.437. The van der Waals surface area contributed by atoms with Gasteiger partial charge in [0.05, 0.1) is 30.5 Å². The van der Waals surface area contributed by atoms with Crippen molar-refractivity contribution in [2.45, 2.75) is 46.1 Å². The van der Waals surface area contributed by atoms with Gasteiger partial charge in [-0.05, 0) is 13.8 Å². The molecule has 6 nitrogen and oxygen atoms in total. The second kappa shape index (κ2) is 10.7. The van der Waals surface area contributed by atoms with Crippen LogP contribution in [0, 0.1) is 0 Å². The number of rotatable bonds is 8. The van der Waals surface area contributed by atoms with Crippen molar-refractivity contribution in [3.63, 3.8) is 0 Å². The number of thiazole rings is 1. The first-order valence-corrected chi connectivity index (χ1v) is 10.3. The number of nitrogens with zero attached hydrogens (tertiary/aromatic N) is 3. The maximum Gasteiger partial charge on any atom is 0.191 e. The molecule has 0 aliphatic carbocycles. The van der Waals surface area contributed by atoms with E-state index in [0.29, 0.717) is 12.0 Å². The zero-order valence-electron chi connectivity index (χ0n) is 16.0. The van der Waals surface area contributed by atoms with E-state index in [1.807, 2.05) is 0 Å². The highest BCUT2D eigenvalue weighted by Crippen LogP contribution is 2.19. The fourth-order valence-electron chi connectivity index (χ4n) is 2.71. The second-order valence-corrected chi connectivity index (χ2v) is 7.62. The minimum Gasteiger partial charge on any atom is -0.379 e. The Bertz CT molecular complexity index is 525. The Morgan fingerprint density at radius 1 is 1.32 bits per heavy atom. The molecule has 1 aliphatic heterocycles. The Hall–Kier alpha value is -1.18. The van der Waals surface area contributed by atoms with Crippen molar-refractivity contribution in [2.75, 3.05) is 45.9 Å². The molecule has 0 spiro atoms. The van der Waals surface area contributed by atoms with Crippen molar-refractivity contribution in [3.05, 3.63) is 16.1 Å². The molecule has 1 fully saturated rings. The van der Waals surface area contributed by atoms with Crippen LogP contribution in [-0.4, -0.2) is 67.8 Å². The Kier molecular flexibility index (Phi) is 8.64. The molecule has 0 saturated carbocycles. The maximum atomic E-state index is 5.42. The number of nitrogens with one attached hydrogen (secondary N) is 2. The van der Waals surface area contributed by atoms with Gasteiger partial charge in [0.15, 0.2) is 5.96 Å². The lowest BCUT2D eigenvalue weighted by Crippen LogP contribution is -2.44. The Morgan fingerprint density at radius 3 is 2.72 bits per heavy atom. The third-order valence-corrected chi connectivity index (χ3v) is 5.46. The molecule has 25 heavy (non-hydrogen) atoms. The normalized spacial score (nSPS) is 17.7. The van der Waals surface area contributed by atoms with Crippen LogP contribution >= 0.6 is 11.3 Å². The van der Waals surface area contributed by atoms with Gasteiger partial charge in [0.2, 0.25) is 0 Å². The molecule has 0 amide bonds. The summed E-state index contributed by atoms with van der Waals surface area (Å²) in [6, 6.07) is 0.437. The smallest absolute Gasteiger partial charge is 0.191 e. The van der Waals surface area contributed by atoms with E-state index in [2.05, 4.69) is 53.6 Å². The minimum absolute atomic E-state index is 0.437. The van der Waals surface area contributed by atoms with Crippen LogP contribution in [0.5, 0.6) is 0 Å². The van der Waals surface area contributed by atoms with Gasteiger partial charge < -0.3 is 15.4 Å². The zero-order chi connectivity index (χ0) is 18.1. The van der Waals surface area contributed by atoms with Gasteiger partial charge in [0.25, 0.3) is 0 Å². The quantitative estimate of drug-likeness (QED) is 0.544. The number of aliphatic imine (C=N–C) groups is 1. The molecule has 142 valence electrons. The molecule has 0 aromatic carbocycles. The molecule has 0 bridgehead atoms. The molecule has 7 heteroatoms. The molecule has 2 N–H and O–H groups in total. The largest absolute Gasteiger partial charge is 0.379 e. The standard InChI is InChI=1S/C18H33N5OS/c1-5-19-18(21-12-15(4)23-8-10-24-11-9-23)20-7-6-16-13-25-17(22-16)14(2)3/h13-15H,5-12H2,1-4H3,(H2,19,20,21). The molecule has 2 heterocycles. The summed E-state index contributed by atoms with van der Waals surface area (Å²) in [4.78, 5) is 11.9. The molecule has 1 aromatic heterocycles. The summed E-state index contributed by atoms with van der Waals surface area (Å²) in [7, 11) is 0. The third-order valence-electron chi connectivity index (χ3n) is 4.26. The first-order chi connectivity index (χ1) is 12.1. The zero-order valence-corrected chi connectivity index (χ0v) is 16.9. The lowest BCUT2D eigenvalue weighted by molar-refractivity contribution is 0.0220. The topological polar surface area (TPSA) is 61.8 Å². The molecule has 1 aromatic rings. The molecular weight excluding hydrogens is 334 g/mol. The molecule has 1 unspecified atom stereocenters. The number of hydrogen-bond donors (Lipinski definition) is 2. The maximum absolute atomic E-state index is 5.42. The van der Waals surface area contributed by atoms with Crippen LogP contribution in [0.3, 0.4) is 0 Å². The highest BCUT2D eigenvalue weighted by atomic mass is 32.1. The van der Waals surface area contributed by atoms with E-state index in [1.54, 1.807) is 11.3 Å². The van der Waals surface area contributed by atoms with Crippen molar-refractivity contribution in [1.82, 2.24) is 20.5 Å². The number of aromatic nitrogens is 1. The molecule has 2 rings (SSSR count). The van der Waals surface area contributed by atoms with E-state index >= 15 is 0 Å². The number of guanidine groups is 1. The Morgan fingerprint density at radius 2 is 2.08 bits per heavy atom. The lowest BCUT2D eigenvalue weighted by atomic mass is 10.2. The van der Waals surface area contributed by atoms with Crippen LogP contribution in [0.4, 0.5) is 0 Å². The summed E-state index contributed by atoms with van der Waals surface area (Å²) in [5.74, 6) is 1.40. The molecule has 0 radical (unpaired) electrons. The number of ether oxygens (including phenoxy) is 1.